The molecule has 0 saturated heterocycles. The lowest BCUT2D eigenvalue weighted by Crippen LogP contribution is -2.28. The minimum absolute atomic E-state index is 0.343. The Morgan fingerprint density at radius 1 is 1.50 bits per heavy atom. The van der Waals surface area contributed by atoms with Crippen LogP contribution in [0.1, 0.15) is 0 Å². The molecule has 0 saturated carbocycles. The van der Waals surface area contributed by atoms with E-state index in [1.807, 2.05) is 0 Å². The summed E-state index contributed by atoms with van der Waals surface area (Å²) < 4.78 is 4.78. The minimum atomic E-state index is -0.921. The van der Waals surface area contributed by atoms with Crippen LogP contribution in [-0.4, -0.2) is 29.0 Å². The Kier molecular flexibility index (Phi) is 4.62. The van der Waals surface area contributed by atoms with Gasteiger partial charge in [0, 0.05) is 0 Å². The van der Waals surface area contributed by atoms with E-state index >= 15 is 0 Å². The van der Waals surface area contributed by atoms with E-state index in [-0.39, 0.29) is 6.61 Å². The van der Waals surface area contributed by atoms with Gasteiger partial charge in [0.25, 0.3) is 0 Å². The lowest BCUT2D eigenvalue weighted by Gasteiger charge is -2.16. The fourth-order valence-electron chi connectivity index (χ4n) is 0.518. The van der Waals surface area contributed by atoms with Gasteiger partial charge in [0.15, 0.2) is 0 Å². The molecule has 2 N–H and O–H groups in total. The molecule has 0 aromatic rings. The topological polar surface area (TPSA) is 49.7 Å². The zero-order chi connectivity index (χ0) is 7.98. The highest BCUT2D eigenvalue weighted by molar-refractivity contribution is 4.87. The molecular formula is C7H12O3. The summed E-state index contributed by atoms with van der Waals surface area (Å²) >= 11 is 0. The molecule has 58 valence electrons. The number of aliphatic hydroxyl groups is 2. The summed E-state index contributed by atoms with van der Waals surface area (Å²) in [5.74, 6) is 0. The van der Waals surface area contributed by atoms with E-state index in [0.29, 0.717) is 0 Å². The SMILES string of the molecule is C=COC(C=C)C(O)CO. The van der Waals surface area contributed by atoms with Crippen LogP contribution in [0.15, 0.2) is 25.5 Å². The number of hydrogen-bond acceptors (Lipinski definition) is 3. The first kappa shape index (κ1) is 9.20. The average molecular weight is 144 g/mol. The molecule has 0 heterocycles. The molecular weight excluding hydrogens is 132 g/mol. The first-order valence-corrected chi connectivity index (χ1v) is 2.94. The number of aliphatic hydroxyl groups excluding tert-OH is 2. The van der Waals surface area contributed by atoms with Gasteiger partial charge in [-0.05, 0) is 6.08 Å². The maximum absolute atomic E-state index is 8.95. The Balaban J connectivity index is 3.78. The van der Waals surface area contributed by atoms with E-state index < -0.39 is 12.2 Å². The third-order valence-electron chi connectivity index (χ3n) is 1.05. The van der Waals surface area contributed by atoms with Crippen LogP contribution >= 0.6 is 0 Å². The van der Waals surface area contributed by atoms with Crippen molar-refractivity contribution in [2.24, 2.45) is 0 Å². The van der Waals surface area contributed by atoms with Gasteiger partial charge >= 0.3 is 0 Å². The van der Waals surface area contributed by atoms with Gasteiger partial charge in [-0.15, -0.1) is 0 Å². The van der Waals surface area contributed by atoms with Crippen molar-refractivity contribution < 1.29 is 14.9 Å². The molecule has 0 aliphatic carbocycles. The van der Waals surface area contributed by atoms with Gasteiger partial charge in [0.2, 0.25) is 0 Å². The molecule has 0 rings (SSSR count). The predicted octanol–water partition coefficient (Wildman–Crippen LogP) is 0.0543. The molecule has 0 aromatic heterocycles. The van der Waals surface area contributed by atoms with Crippen molar-refractivity contribution in [2.75, 3.05) is 6.61 Å². The van der Waals surface area contributed by atoms with Crippen LogP contribution in [0.4, 0.5) is 0 Å². The molecule has 2 atom stereocenters. The van der Waals surface area contributed by atoms with Crippen molar-refractivity contribution in [2.45, 2.75) is 12.2 Å². The van der Waals surface area contributed by atoms with Crippen molar-refractivity contribution in [3.63, 3.8) is 0 Å². The number of hydrogen-bond donors (Lipinski definition) is 2. The largest absolute Gasteiger partial charge is 0.492 e. The fraction of sp³-hybridized carbons (Fsp3) is 0.429. The van der Waals surface area contributed by atoms with Crippen LogP contribution in [0.25, 0.3) is 0 Å². The van der Waals surface area contributed by atoms with Crippen molar-refractivity contribution >= 4 is 0 Å². The van der Waals surface area contributed by atoms with E-state index in [2.05, 4.69) is 13.2 Å². The molecule has 0 bridgehead atoms. The molecule has 0 aliphatic rings. The van der Waals surface area contributed by atoms with E-state index in [4.69, 9.17) is 14.9 Å². The van der Waals surface area contributed by atoms with Crippen LogP contribution in [0.2, 0.25) is 0 Å². The number of rotatable bonds is 5. The minimum Gasteiger partial charge on any atom is -0.492 e. The van der Waals surface area contributed by atoms with Gasteiger partial charge in [-0.1, -0.05) is 13.2 Å². The van der Waals surface area contributed by atoms with Crippen molar-refractivity contribution in [3.8, 4) is 0 Å². The van der Waals surface area contributed by atoms with Crippen LogP contribution in [0.3, 0.4) is 0 Å². The quantitative estimate of drug-likeness (QED) is 0.423. The molecule has 3 nitrogen and oxygen atoms in total. The Morgan fingerprint density at radius 2 is 2.10 bits per heavy atom. The normalized spacial score (nSPS) is 15.4. The summed E-state index contributed by atoms with van der Waals surface area (Å²) in [6.45, 7) is 6.36. The molecule has 0 radical (unpaired) electrons. The second-order valence-corrected chi connectivity index (χ2v) is 1.75. The summed E-state index contributed by atoms with van der Waals surface area (Å²) in [6.07, 6.45) is 1.12. The van der Waals surface area contributed by atoms with Gasteiger partial charge in [-0.3, -0.25) is 0 Å². The molecule has 3 heteroatoms. The Bertz CT molecular complexity index is 111. The van der Waals surface area contributed by atoms with E-state index in [1.165, 1.54) is 12.3 Å². The molecule has 2 unspecified atom stereocenters. The lowest BCUT2D eigenvalue weighted by molar-refractivity contribution is 0.00241. The lowest BCUT2D eigenvalue weighted by atomic mass is 10.2. The van der Waals surface area contributed by atoms with Gasteiger partial charge < -0.3 is 14.9 Å². The smallest absolute Gasteiger partial charge is 0.144 e. The predicted molar refractivity (Wildman–Crippen MR) is 38.4 cm³/mol. The van der Waals surface area contributed by atoms with Gasteiger partial charge in [0.1, 0.15) is 12.2 Å². The van der Waals surface area contributed by atoms with Gasteiger partial charge in [0.05, 0.1) is 12.9 Å². The summed E-state index contributed by atoms with van der Waals surface area (Å²) in [4.78, 5) is 0. The molecule has 10 heavy (non-hydrogen) atoms. The number of ether oxygens (including phenoxy) is 1. The second kappa shape index (κ2) is 5.02. The molecule has 0 aliphatic heterocycles. The summed E-state index contributed by atoms with van der Waals surface area (Å²) in [5, 5.41) is 17.4. The van der Waals surface area contributed by atoms with Crippen molar-refractivity contribution in [1.29, 1.82) is 0 Å². The highest BCUT2D eigenvalue weighted by atomic mass is 16.5. The first-order chi connectivity index (χ1) is 4.76. The van der Waals surface area contributed by atoms with E-state index in [9.17, 15) is 0 Å². The van der Waals surface area contributed by atoms with Gasteiger partial charge in [-0.2, -0.15) is 0 Å². The average Bonchev–Trinajstić information content (AvgIpc) is 1.99. The Morgan fingerprint density at radius 3 is 2.40 bits per heavy atom. The van der Waals surface area contributed by atoms with E-state index in [1.54, 1.807) is 0 Å². The summed E-state index contributed by atoms with van der Waals surface area (Å²) in [6, 6.07) is 0. The highest BCUT2D eigenvalue weighted by Crippen LogP contribution is 1.99. The second-order valence-electron chi connectivity index (χ2n) is 1.75. The Labute approximate surface area is 60.3 Å². The monoisotopic (exact) mass is 144 g/mol. The maximum Gasteiger partial charge on any atom is 0.144 e. The zero-order valence-electron chi connectivity index (χ0n) is 5.73. The Hall–Kier alpha value is -0.800. The third kappa shape index (κ3) is 2.66. The first-order valence-electron chi connectivity index (χ1n) is 2.94. The fourth-order valence-corrected chi connectivity index (χ4v) is 0.518. The molecule has 0 spiro atoms. The summed E-state index contributed by atoms with van der Waals surface area (Å²) in [7, 11) is 0. The van der Waals surface area contributed by atoms with Crippen LogP contribution in [0.5, 0.6) is 0 Å². The molecule has 0 amide bonds. The third-order valence-corrected chi connectivity index (χ3v) is 1.05. The summed E-state index contributed by atoms with van der Waals surface area (Å²) in [5.41, 5.74) is 0. The zero-order valence-corrected chi connectivity index (χ0v) is 5.73. The van der Waals surface area contributed by atoms with E-state index in [0.717, 1.165) is 0 Å². The van der Waals surface area contributed by atoms with Crippen molar-refractivity contribution in [1.82, 2.24) is 0 Å². The highest BCUT2D eigenvalue weighted by Gasteiger charge is 2.13. The van der Waals surface area contributed by atoms with Crippen LogP contribution in [0, 0.1) is 0 Å². The standard InChI is InChI=1S/C7H12O3/c1-3-7(10-4-2)6(9)5-8/h3-4,6-9H,1-2,5H2. The maximum atomic E-state index is 8.95. The van der Waals surface area contributed by atoms with Crippen LogP contribution < -0.4 is 0 Å². The van der Waals surface area contributed by atoms with Gasteiger partial charge in [-0.25, -0.2) is 0 Å². The molecule has 0 aromatic carbocycles. The molecule has 0 fully saturated rings. The van der Waals surface area contributed by atoms with Crippen molar-refractivity contribution in [3.05, 3.63) is 25.5 Å². The van der Waals surface area contributed by atoms with Crippen LogP contribution in [-0.2, 0) is 4.74 Å².